The van der Waals surface area contributed by atoms with Crippen LogP contribution in [0.5, 0.6) is 0 Å². The maximum Gasteiger partial charge on any atom is 0.263 e. The summed E-state index contributed by atoms with van der Waals surface area (Å²) in [5.74, 6) is 0. The summed E-state index contributed by atoms with van der Waals surface area (Å²) in [4.78, 5) is 17.5. The minimum absolute atomic E-state index is 0.0282. The van der Waals surface area contributed by atoms with Gasteiger partial charge in [-0.3, -0.25) is 14.3 Å². The largest absolute Gasteiger partial charge is 0.276 e. The molecule has 0 aliphatic heterocycles. The van der Waals surface area contributed by atoms with Crippen molar-refractivity contribution in [2.24, 2.45) is 0 Å². The van der Waals surface area contributed by atoms with Crippen molar-refractivity contribution in [1.82, 2.24) is 9.55 Å². The smallest absolute Gasteiger partial charge is 0.263 e. The molecule has 0 fully saturated rings. The molecule has 0 saturated heterocycles. The Kier molecular flexibility index (Phi) is 4.22. The van der Waals surface area contributed by atoms with Crippen LogP contribution in [-0.4, -0.2) is 9.55 Å². The SMILES string of the molecule is O=c1c2ccncc2c(I)c(C2=CCCCC2)n1-c1ccccc1. The zero-order chi connectivity index (χ0) is 16.5. The van der Waals surface area contributed by atoms with E-state index < -0.39 is 0 Å². The summed E-state index contributed by atoms with van der Waals surface area (Å²) in [6.45, 7) is 0. The highest BCUT2D eigenvalue weighted by Gasteiger charge is 2.20. The van der Waals surface area contributed by atoms with Crippen LogP contribution in [0.3, 0.4) is 0 Å². The first-order valence-corrected chi connectivity index (χ1v) is 9.28. The first-order valence-electron chi connectivity index (χ1n) is 8.20. The molecular formula is C20H17IN2O. The number of hydrogen-bond donors (Lipinski definition) is 0. The van der Waals surface area contributed by atoms with E-state index in [9.17, 15) is 4.79 Å². The number of aromatic nitrogens is 2. The van der Waals surface area contributed by atoms with E-state index in [2.05, 4.69) is 33.7 Å². The molecule has 1 aliphatic rings. The van der Waals surface area contributed by atoms with E-state index in [0.717, 1.165) is 38.6 Å². The summed E-state index contributed by atoms with van der Waals surface area (Å²) in [6, 6.07) is 11.7. The zero-order valence-electron chi connectivity index (χ0n) is 13.2. The van der Waals surface area contributed by atoms with Gasteiger partial charge in [-0.05, 0) is 72.0 Å². The molecule has 0 N–H and O–H groups in total. The fourth-order valence-electron chi connectivity index (χ4n) is 3.36. The summed E-state index contributed by atoms with van der Waals surface area (Å²) < 4.78 is 2.98. The molecule has 1 aromatic carbocycles. The molecule has 4 rings (SSSR count). The Hall–Kier alpha value is -1.95. The fraction of sp³-hybridized carbons (Fsp3) is 0.200. The number of fused-ring (bicyclic) bond motifs is 1. The van der Waals surface area contributed by atoms with Gasteiger partial charge in [0.1, 0.15) is 0 Å². The van der Waals surface area contributed by atoms with Gasteiger partial charge in [0.05, 0.1) is 11.1 Å². The van der Waals surface area contributed by atoms with Gasteiger partial charge in [0, 0.05) is 27.0 Å². The summed E-state index contributed by atoms with van der Waals surface area (Å²) >= 11 is 2.37. The number of halogens is 1. The van der Waals surface area contributed by atoms with Crippen molar-refractivity contribution in [3.8, 4) is 5.69 Å². The van der Waals surface area contributed by atoms with Gasteiger partial charge in [-0.1, -0.05) is 24.3 Å². The van der Waals surface area contributed by atoms with Crippen LogP contribution in [0.15, 0.2) is 59.7 Å². The highest BCUT2D eigenvalue weighted by atomic mass is 127. The second-order valence-corrected chi connectivity index (χ2v) is 7.11. The van der Waals surface area contributed by atoms with Crippen molar-refractivity contribution in [3.05, 3.63) is 74.5 Å². The van der Waals surface area contributed by atoms with Crippen LogP contribution in [0.2, 0.25) is 0 Å². The second-order valence-electron chi connectivity index (χ2n) is 6.04. The predicted molar refractivity (Wildman–Crippen MR) is 107 cm³/mol. The van der Waals surface area contributed by atoms with Gasteiger partial charge in [-0.25, -0.2) is 0 Å². The van der Waals surface area contributed by atoms with E-state index in [4.69, 9.17) is 0 Å². The molecule has 120 valence electrons. The lowest BCUT2D eigenvalue weighted by molar-refractivity contribution is 0.735. The topological polar surface area (TPSA) is 34.9 Å². The number of allylic oxidation sites excluding steroid dienone is 2. The molecule has 0 saturated carbocycles. The molecule has 0 atom stereocenters. The molecule has 0 spiro atoms. The van der Waals surface area contributed by atoms with E-state index in [1.165, 1.54) is 18.4 Å². The highest BCUT2D eigenvalue weighted by molar-refractivity contribution is 14.1. The molecule has 3 aromatic rings. The minimum Gasteiger partial charge on any atom is -0.276 e. The summed E-state index contributed by atoms with van der Waals surface area (Å²) in [7, 11) is 0. The van der Waals surface area contributed by atoms with Crippen LogP contribution in [-0.2, 0) is 0 Å². The van der Waals surface area contributed by atoms with Gasteiger partial charge < -0.3 is 0 Å². The molecule has 2 aromatic heterocycles. The molecule has 0 amide bonds. The quantitative estimate of drug-likeness (QED) is 0.542. The Labute approximate surface area is 154 Å². The van der Waals surface area contributed by atoms with E-state index in [1.807, 2.05) is 41.0 Å². The number of hydrogen-bond acceptors (Lipinski definition) is 2. The Morgan fingerprint density at radius 1 is 1.04 bits per heavy atom. The van der Waals surface area contributed by atoms with Crippen molar-refractivity contribution in [3.63, 3.8) is 0 Å². The van der Waals surface area contributed by atoms with Crippen LogP contribution < -0.4 is 5.56 Å². The molecule has 24 heavy (non-hydrogen) atoms. The second kappa shape index (κ2) is 6.51. The van der Waals surface area contributed by atoms with Gasteiger partial charge >= 0.3 is 0 Å². The van der Waals surface area contributed by atoms with Gasteiger partial charge in [-0.15, -0.1) is 0 Å². The molecule has 4 heteroatoms. The average molecular weight is 428 g/mol. The fourth-order valence-corrected chi connectivity index (χ4v) is 4.38. The highest BCUT2D eigenvalue weighted by Crippen LogP contribution is 2.33. The Morgan fingerprint density at radius 2 is 1.88 bits per heavy atom. The number of benzene rings is 1. The van der Waals surface area contributed by atoms with Gasteiger partial charge in [0.25, 0.3) is 5.56 Å². The lowest BCUT2D eigenvalue weighted by Gasteiger charge is -2.21. The number of pyridine rings is 2. The third kappa shape index (κ3) is 2.59. The zero-order valence-corrected chi connectivity index (χ0v) is 15.4. The van der Waals surface area contributed by atoms with E-state index in [0.29, 0.717) is 0 Å². The molecule has 0 radical (unpaired) electrons. The van der Waals surface area contributed by atoms with E-state index in [-0.39, 0.29) is 5.56 Å². The van der Waals surface area contributed by atoms with Crippen LogP contribution in [0.4, 0.5) is 0 Å². The maximum atomic E-state index is 13.2. The van der Waals surface area contributed by atoms with Crippen LogP contribution in [0.1, 0.15) is 31.4 Å². The van der Waals surface area contributed by atoms with Crippen molar-refractivity contribution in [2.45, 2.75) is 25.7 Å². The summed E-state index contributed by atoms with van der Waals surface area (Å²) in [6.07, 6.45) is 10.3. The average Bonchev–Trinajstić information content (AvgIpc) is 2.66. The predicted octanol–water partition coefficient (Wildman–Crippen LogP) is 4.95. The van der Waals surface area contributed by atoms with Crippen LogP contribution in [0.25, 0.3) is 22.0 Å². The monoisotopic (exact) mass is 428 g/mol. The maximum absolute atomic E-state index is 13.2. The van der Waals surface area contributed by atoms with Gasteiger partial charge in [-0.2, -0.15) is 0 Å². The first-order chi connectivity index (χ1) is 11.8. The summed E-state index contributed by atoms with van der Waals surface area (Å²) in [5.41, 5.74) is 3.26. The molecule has 2 heterocycles. The minimum atomic E-state index is 0.0282. The van der Waals surface area contributed by atoms with Gasteiger partial charge in [0.15, 0.2) is 0 Å². The van der Waals surface area contributed by atoms with E-state index in [1.54, 1.807) is 12.4 Å². The molecule has 3 nitrogen and oxygen atoms in total. The molecular weight excluding hydrogens is 411 g/mol. The van der Waals surface area contributed by atoms with Crippen LogP contribution >= 0.6 is 22.6 Å². The van der Waals surface area contributed by atoms with Gasteiger partial charge in [0.2, 0.25) is 0 Å². The Balaban J connectivity index is 2.14. The number of nitrogens with zero attached hydrogens (tertiary/aromatic N) is 2. The van der Waals surface area contributed by atoms with Crippen molar-refractivity contribution in [2.75, 3.05) is 0 Å². The van der Waals surface area contributed by atoms with Crippen molar-refractivity contribution >= 4 is 38.9 Å². The van der Waals surface area contributed by atoms with E-state index >= 15 is 0 Å². The normalized spacial score (nSPS) is 14.6. The lowest BCUT2D eigenvalue weighted by Crippen LogP contribution is -2.24. The molecule has 1 aliphatic carbocycles. The summed E-state index contributed by atoms with van der Waals surface area (Å²) in [5, 5.41) is 1.66. The Morgan fingerprint density at radius 3 is 2.62 bits per heavy atom. The Bertz CT molecular complexity index is 990. The third-order valence-electron chi connectivity index (χ3n) is 4.53. The van der Waals surface area contributed by atoms with Crippen molar-refractivity contribution < 1.29 is 0 Å². The standard InChI is InChI=1S/C20H17IN2O/c21-18-17-13-22-12-11-16(17)20(24)23(15-9-5-2-6-10-15)19(18)14-7-3-1-4-8-14/h2,5-7,9-13H,1,3-4,8H2. The van der Waals surface area contributed by atoms with Crippen molar-refractivity contribution in [1.29, 1.82) is 0 Å². The first kappa shape index (κ1) is 15.6. The molecule has 0 bridgehead atoms. The third-order valence-corrected chi connectivity index (χ3v) is 5.62. The van der Waals surface area contributed by atoms with Crippen LogP contribution in [0, 0.1) is 3.57 Å². The number of rotatable bonds is 2. The number of para-hydroxylation sites is 1. The molecule has 0 unspecified atom stereocenters. The lowest BCUT2D eigenvalue weighted by atomic mass is 9.95.